The van der Waals surface area contributed by atoms with Gasteiger partial charge in [-0.15, -0.1) is 0 Å². The summed E-state index contributed by atoms with van der Waals surface area (Å²) in [5.74, 6) is -1.34. The van der Waals surface area contributed by atoms with Crippen LogP contribution in [0.1, 0.15) is 35.7 Å². The molecule has 1 atom stereocenters. The van der Waals surface area contributed by atoms with Gasteiger partial charge in [-0.2, -0.15) is 0 Å². The Bertz CT molecular complexity index is 539. The zero-order chi connectivity index (χ0) is 14.2. The molecule has 0 aromatic heterocycles. The van der Waals surface area contributed by atoms with E-state index in [9.17, 15) is 14.7 Å². The number of rotatable bonds is 4. The van der Waals surface area contributed by atoms with E-state index in [1.807, 2.05) is 0 Å². The van der Waals surface area contributed by atoms with Crippen molar-refractivity contribution in [2.24, 2.45) is 5.92 Å². The highest BCUT2D eigenvalue weighted by atomic mass is 35.5. The van der Waals surface area contributed by atoms with Gasteiger partial charge in [0.15, 0.2) is 0 Å². The second-order valence-electron chi connectivity index (χ2n) is 5.20. The Morgan fingerprint density at radius 3 is 2.53 bits per heavy atom. The van der Waals surface area contributed by atoms with E-state index in [0.717, 1.165) is 18.4 Å². The summed E-state index contributed by atoms with van der Waals surface area (Å²) in [6.07, 6.45) is 1.67. The third-order valence-corrected chi connectivity index (χ3v) is 3.88. The summed E-state index contributed by atoms with van der Waals surface area (Å²) < 4.78 is 0. The van der Waals surface area contributed by atoms with Crippen molar-refractivity contribution < 1.29 is 14.7 Å². The Morgan fingerprint density at radius 2 is 2.05 bits per heavy atom. The molecule has 4 nitrogen and oxygen atoms in total. The van der Waals surface area contributed by atoms with Crippen LogP contribution in [0.15, 0.2) is 18.2 Å². The minimum Gasteiger partial charge on any atom is -0.480 e. The fraction of sp³-hybridized carbons (Fsp3) is 0.429. The average Bonchev–Trinajstić information content (AvgIpc) is 3.11. The number of amides is 1. The molecule has 0 bridgehead atoms. The van der Waals surface area contributed by atoms with E-state index in [1.165, 1.54) is 0 Å². The third-order valence-electron chi connectivity index (χ3n) is 3.64. The van der Waals surface area contributed by atoms with Gasteiger partial charge in [0.05, 0.1) is 0 Å². The molecule has 1 aliphatic carbocycles. The average molecular weight is 282 g/mol. The van der Waals surface area contributed by atoms with Crippen molar-refractivity contribution in [3.63, 3.8) is 0 Å². The van der Waals surface area contributed by atoms with Crippen molar-refractivity contribution in [1.29, 1.82) is 0 Å². The van der Waals surface area contributed by atoms with Gasteiger partial charge in [0, 0.05) is 10.6 Å². The van der Waals surface area contributed by atoms with Crippen LogP contribution in [0.5, 0.6) is 0 Å². The Labute approximate surface area is 116 Å². The normalized spacial score (nSPS) is 17.6. The second-order valence-corrected chi connectivity index (χ2v) is 5.63. The molecule has 1 aliphatic rings. The number of benzene rings is 1. The van der Waals surface area contributed by atoms with Gasteiger partial charge in [0.2, 0.25) is 0 Å². The molecule has 2 N–H and O–H groups in total. The number of carboxylic acid groups (broad SMARTS) is 1. The van der Waals surface area contributed by atoms with Crippen molar-refractivity contribution >= 4 is 23.5 Å². The maximum atomic E-state index is 12.2. The first-order valence-corrected chi connectivity index (χ1v) is 6.54. The molecule has 1 aromatic carbocycles. The Balaban J connectivity index is 2.22. The smallest absolute Gasteiger partial charge is 0.329 e. The molecule has 0 aliphatic heterocycles. The lowest BCUT2D eigenvalue weighted by Gasteiger charge is -2.26. The molecule has 0 heterocycles. The first-order chi connectivity index (χ1) is 8.84. The van der Waals surface area contributed by atoms with Gasteiger partial charge >= 0.3 is 5.97 Å². The Kier molecular flexibility index (Phi) is 3.54. The summed E-state index contributed by atoms with van der Waals surface area (Å²) in [6, 6.07) is 4.92. The zero-order valence-electron chi connectivity index (χ0n) is 10.9. The van der Waals surface area contributed by atoms with Crippen LogP contribution >= 0.6 is 11.6 Å². The molecular formula is C14H16ClNO3. The summed E-state index contributed by atoms with van der Waals surface area (Å²) in [7, 11) is 0. The Morgan fingerprint density at radius 1 is 1.42 bits per heavy atom. The van der Waals surface area contributed by atoms with Crippen LogP contribution in [0.25, 0.3) is 0 Å². The van der Waals surface area contributed by atoms with E-state index >= 15 is 0 Å². The minimum atomic E-state index is -1.19. The fourth-order valence-corrected chi connectivity index (χ4v) is 2.40. The van der Waals surface area contributed by atoms with Crippen LogP contribution in [-0.4, -0.2) is 22.5 Å². The molecule has 0 radical (unpaired) electrons. The van der Waals surface area contributed by atoms with E-state index in [0.29, 0.717) is 10.6 Å². The van der Waals surface area contributed by atoms with Gasteiger partial charge in [-0.25, -0.2) is 4.79 Å². The molecule has 1 aromatic rings. The van der Waals surface area contributed by atoms with Crippen LogP contribution in [0.2, 0.25) is 5.02 Å². The van der Waals surface area contributed by atoms with E-state index in [1.54, 1.807) is 32.0 Å². The van der Waals surface area contributed by atoms with Crippen LogP contribution in [0, 0.1) is 12.8 Å². The van der Waals surface area contributed by atoms with Crippen molar-refractivity contribution in [3.8, 4) is 0 Å². The lowest BCUT2D eigenvalue weighted by molar-refractivity contribution is -0.144. The number of carbonyl (C=O) groups is 2. The van der Waals surface area contributed by atoms with Crippen LogP contribution in [0.3, 0.4) is 0 Å². The third kappa shape index (κ3) is 2.73. The Hall–Kier alpha value is -1.55. The molecule has 102 valence electrons. The number of carboxylic acids is 1. The number of hydrogen-bond donors (Lipinski definition) is 2. The largest absolute Gasteiger partial charge is 0.480 e. The minimum absolute atomic E-state index is 0.0153. The summed E-state index contributed by atoms with van der Waals surface area (Å²) in [6.45, 7) is 3.34. The van der Waals surface area contributed by atoms with E-state index in [2.05, 4.69) is 5.32 Å². The van der Waals surface area contributed by atoms with Crippen LogP contribution < -0.4 is 5.32 Å². The molecule has 2 rings (SSSR count). The number of hydrogen-bond acceptors (Lipinski definition) is 2. The number of halogens is 1. The molecule has 1 saturated carbocycles. The molecule has 1 unspecified atom stereocenters. The summed E-state index contributed by atoms with van der Waals surface area (Å²) in [5, 5.41) is 12.5. The van der Waals surface area contributed by atoms with Gasteiger partial charge in [0.1, 0.15) is 5.54 Å². The molecule has 1 fully saturated rings. The summed E-state index contributed by atoms with van der Waals surface area (Å²) in [5.41, 5.74) is -0.00514. The van der Waals surface area contributed by atoms with Gasteiger partial charge in [-0.1, -0.05) is 11.6 Å². The molecule has 19 heavy (non-hydrogen) atoms. The van der Waals surface area contributed by atoms with Gasteiger partial charge in [0.25, 0.3) is 5.91 Å². The van der Waals surface area contributed by atoms with E-state index < -0.39 is 11.5 Å². The first-order valence-electron chi connectivity index (χ1n) is 6.16. The predicted octanol–water partition coefficient (Wildman–Crippen LogP) is 2.63. The summed E-state index contributed by atoms with van der Waals surface area (Å²) >= 11 is 5.84. The molecule has 1 amide bonds. The van der Waals surface area contributed by atoms with Gasteiger partial charge < -0.3 is 10.4 Å². The van der Waals surface area contributed by atoms with Crippen molar-refractivity contribution in [1.82, 2.24) is 5.32 Å². The van der Waals surface area contributed by atoms with Gasteiger partial charge in [-0.3, -0.25) is 4.79 Å². The van der Waals surface area contributed by atoms with Crippen LogP contribution in [0.4, 0.5) is 0 Å². The highest BCUT2D eigenvalue weighted by Gasteiger charge is 2.48. The van der Waals surface area contributed by atoms with E-state index in [4.69, 9.17) is 11.6 Å². The standard InChI is InChI=1S/C14H16ClNO3/c1-8-7-10(15)5-6-11(8)12(17)16-14(2,13(18)19)9-3-4-9/h5-7,9H,3-4H2,1-2H3,(H,16,17)(H,18,19). The van der Waals surface area contributed by atoms with E-state index in [-0.39, 0.29) is 11.8 Å². The molecular weight excluding hydrogens is 266 g/mol. The number of aliphatic carboxylic acids is 1. The monoisotopic (exact) mass is 281 g/mol. The fourth-order valence-electron chi connectivity index (χ4n) is 2.18. The molecule has 0 saturated heterocycles. The SMILES string of the molecule is Cc1cc(Cl)ccc1C(=O)NC(C)(C(=O)O)C1CC1. The zero-order valence-corrected chi connectivity index (χ0v) is 11.6. The first kappa shape index (κ1) is 13.9. The second kappa shape index (κ2) is 4.85. The number of nitrogens with one attached hydrogen (secondary N) is 1. The molecule has 5 heteroatoms. The highest BCUT2D eigenvalue weighted by Crippen LogP contribution is 2.40. The highest BCUT2D eigenvalue weighted by molar-refractivity contribution is 6.30. The quantitative estimate of drug-likeness (QED) is 0.891. The lowest BCUT2D eigenvalue weighted by atomic mass is 9.95. The van der Waals surface area contributed by atoms with Gasteiger partial charge in [-0.05, 0) is 56.4 Å². The maximum Gasteiger partial charge on any atom is 0.329 e. The lowest BCUT2D eigenvalue weighted by Crippen LogP contribution is -2.54. The van der Waals surface area contributed by atoms with Crippen molar-refractivity contribution in [2.45, 2.75) is 32.2 Å². The summed E-state index contributed by atoms with van der Waals surface area (Å²) in [4.78, 5) is 23.6. The topological polar surface area (TPSA) is 66.4 Å². The number of carbonyl (C=O) groups excluding carboxylic acids is 1. The number of aryl methyl sites for hydroxylation is 1. The maximum absolute atomic E-state index is 12.2. The van der Waals surface area contributed by atoms with Crippen LogP contribution in [-0.2, 0) is 4.79 Å². The van der Waals surface area contributed by atoms with Crippen molar-refractivity contribution in [2.75, 3.05) is 0 Å². The molecule has 0 spiro atoms. The predicted molar refractivity (Wildman–Crippen MR) is 72.4 cm³/mol. The van der Waals surface area contributed by atoms with Crippen molar-refractivity contribution in [3.05, 3.63) is 34.3 Å².